The molecule has 8 heteroatoms. The highest BCUT2D eigenvalue weighted by Crippen LogP contribution is 2.36. The van der Waals surface area contributed by atoms with Crippen LogP contribution in [0.15, 0.2) is 24.3 Å². The number of amides is 2. The average Bonchev–Trinajstić information content (AvgIpc) is 3.54. The lowest BCUT2D eigenvalue weighted by atomic mass is 10.0. The van der Waals surface area contributed by atoms with E-state index < -0.39 is 5.60 Å². The Kier molecular flexibility index (Phi) is 6.09. The molecule has 1 saturated carbocycles. The van der Waals surface area contributed by atoms with E-state index >= 15 is 0 Å². The number of hydrogen-bond acceptors (Lipinski definition) is 6. The molecule has 1 saturated heterocycles. The second-order valence-corrected chi connectivity index (χ2v) is 8.61. The predicted octanol–water partition coefficient (Wildman–Crippen LogP) is 2.25. The SMILES string of the molecule is CNC(=O)C1CCN(C(=O)C2(C)C=C(c3ccc(OC)c(OC4CCCC4)c3)NO2)C1. The van der Waals surface area contributed by atoms with E-state index in [-0.39, 0.29) is 23.8 Å². The number of hydrogen-bond donors (Lipinski definition) is 2. The Morgan fingerprint density at radius 1 is 1.23 bits per heavy atom. The number of ether oxygens (including phenoxy) is 2. The Labute approximate surface area is 182 Å². The lowest BCUT2D eigenvalue weighted by molar-refractivity contribution is -0.151. The van der Waals surface area contributed by atoms with Crippen molar-refractivity contribution in [2.45, 2.75) is 50.7 Å². The average molecular weight is 430 g/mol. The van der Waals surface area contributed by atoms with Crippen LogP contribution in [0.2, 0.25) is 0 Å². The lowest BCUT2D eigenvalue weighted by Crippen LogP contribution is -2.46. The topological polar surface area (TPSA) is 89.1 Å². The molecule has 168 valence electrons. The van der Waals surface area contributed by atoms with Crippen LogP contribution < -0.4 is 20.3 Å². The summed E-state index contributed by atoms with van der Waals surface area (Å²) >= 11 is 0. The van der Waals surface area contributed by atoms with Gasteiger partial charge >= 0.3 is 0 Å². The van der Waals surface area contributed by atoms with E-state index in [1.165, 1.54) is 12.8 Å². The van der Waals surface area contributed by atoms with Gasteiger partial charge in [-0.2, -0.15) is 0 Å². The highest BCUT2D eigenvalue weighted by molar-refractivity contribution is 5.91. The molecule has 2 aliphatic heterocycles. The standard InChI is InChI=1S/C23H31N3O5/c1-23(22(28)26-11-10-16(14-26)21(27)24-2)13-18(25-31-23)15-8-9-19(29-3)20(12-15)30-17-6-4-5-7-17/h8-9,12-13,16-17,25H,4-7,10-11,14H2,1-3H3,(H,24,27). The Bertz CT molecular complexity index is 880. The number of rotatable bonds is 6. The molecule has 2 N–H and O–H groups in total. The smallest absolute Gasteiger partial charge is 0.261 e. The molecule has 0 bridgehead atoms. The molecule has 2 fully saturated rings. The monoisotopic (exact) mass is 429 g/mol. The summed E-state index contributed by atoms with van der Waals surface area (Å²) in [5.74, 6) is 1.02. The molecule has 31 heavy (non-hydrogen) atoms. The predicted molar refractivity (Wildman–Crippen MR) is 115 cm³/mol. The summed E-state index contributed by atoms with van der Waals surface area (Å²) in [4.78, 5) is 32.5. The maximum Gasteiger partial charge on any atom is 0.261 e. The number of nitrogens with one attached hydrogen (secondary N) is 2. The molecule has 2 atom stereocenters. The van der Waals surface area contributed by atoms with Crippen LogP contribution >= 0.6 is 0 Å². The first kappa shape index (κ1) is 21.5. The van der Waals surface area contributed by atoms with Crippen LogP contribution in [0.5, 0.6) is 11.5 Å². The molecular formula is C23H31N3O5. The zero-order valence-electron chi connectivity index (χ0n) is 18.4. The molecule has 0 spiro atoms. The molecule has 0 radical (unpaired) electrons. The van der Waals surface area contributed by atoms with E-state index in [2.05, 4.69) is 10.8 Å². The van der Waals surface area contributed by atoms with Crippen molar-refractivity contribution in [2.24, 2.45) is 5.92 Å². The molecule has 0 aromatic heterocycles. The second-order valence-electron chi connectivity index (χ2n) is 8.61. The number of likely N-dealkylation sites (tertiary alicyclic amines) is 1. The highest BCUT2D eigenvalue weighted by atomic mass is 16.7. The third-order valence-electron chi connectivity index (χ3n) is 6.38. The Balaban J connectivity index is 1.50. The summed E-state index contributed by atoms with van der Waals surface area (Å²) in [6.07, 6.45) is 7.14. The molecule has 3 aliphatic rings. The van der Waals surface area contributed by atoms with Gasteiger partial charge in [-0.25, -0.2) is 0 Å². The number of benzene rings is 1. The van der Waals surface area contributed by atoms with Crippen molar-refractivity contribution >= 4 is 17.5 Å². The molecular weight excluding hydrogens is 398 g/mol. The Hall–Kier alpha value is -2.74. The molecule has 2 amide bonds. The third-order valence-corrected chi connectivity index (χ3v) is 6.38. The summed E-state index contributed by atoms with van der Waals surface area (Å²) < 4.78 is 11.7. The molecule has 2 unspecified atom stereocenters. The number of hydroxylamine groups is 1. The normalized spacial score (nSPS) is 25.8. The maximum atomic E-state index is 13.1. The zero-order valence-corrected chi connectivity index (χ0v) is 18.4. The van der Waals surface area contributed by atoms with E-state index in [1.54, 1.807) is 32.1 Å². The minimum absolute atomic E-state index is 0.0322. The van der Waals surface area contributed by atoms with Gasteiger partial charge in [0.05, 0.1) is 24.8 Å². The van der Waals surface area contributed by atoms with Gasteiger partial charge in [-0.15, -0.1) is 0 Å². The third kappa shape index (κ3) is 4.35. The molecule has 4 rings (SSSR count). The van der Waals surface area contributed by atoms with Crippen molar-refractivity contribution in [2.75, 3.05) is 27.2 Å². The summed E-state index contributed by atoms with van der Waals surface area (Å²) in [5, 5.41) is 2.66. The minimum Gasteiger partial charge on any atom is -0.493 e. The fourth-order valence-corrected chi connectivity index (χ4v) is 4.54. The van der Waals surface area contributed by atoms with Crippen molar-refractivity contribution < 1.29 is 23.9 Å². The van der Waals surface area contributed by atoms with Crippen LogP contribution in [-0.4, -0.2) is 55.7 Å². The van der Waals surface area contributed by atoms with E-state index in [0.29, 0.717) is 36.7 Å². The van der Waals surface area contributed by atoms with Gasteiger partial charge in [0.15, 0.2) is 17.1 Å². The largest absolute Gasteiger partial charge is 0.493 e. The summed E-state index contributed by atoms with van der Waals surface area (Å²) in [6.45, 7) is 2.69. The first-order chi connectivity index (χ1) is 14.9. The van der Waals surface area contributed by atoms with Crippen LogP contribution in [0.1, 0.15) is 44.6 Å². The van der Waals surface area contributed by atoms with Crippen molar-refractivity contribution in [1.82, 2.24) is 15.7 Å². The summed E-state index contributed by atoms with van der Waals surface area (Å²) in [7, 11) is 3.25. The van der Waals surface area contributed by atoms with Gasteiger partial charge in [-0.1, -0.05) is 0 Å². The van der Waals surface area contributed by atoms with Gasteiger partial charge < -0.3 is 19.7 Å². The molecule has 2 heterocycles. The van der Waals surface area contributed by atoms with Crippen LogP contribution in [-0.2, 0) is 14.4 Å². The van der Waals surface area contributed by atoms with Crippen LogP contribution in [0.4, 0.5) is 0 Å². The fourth-order valence-electron chi connectivity index (χ4n) is 4.54. The minimum atomic E-state index is -1.14. The Morgan fingerprint density at radius 3 is 2.71 bits per heavy atom. The molecule has 1 aliphatic carbocycles. The van der Waals surface area contributed by atoms with Gasteiger partial charge in [-0.3, -0.25) is 19.9 Å². The van der Waals surface area contributed by atoms with Gasteiger partial charge in [0.25, 0.3) is 5.91 Å². The number of carbonyl (C=O) groups excluding carboxylic acids is 2. The Morgan fingerprint density at radius 2 is 2.00 bits per heavy atom. The summed E-state index contributed by atoms with van der Waals surface area (Å²) in [6, 6.07) is 5.71. The van der Waals surface area contributed by atoms with Crippen LogP contribution in [0.3, 0.4) is 0 Å². The van der Waals surface area contributed by atoms with Crippen molar-refractivity contribution in [3.8, 4) is 11.5 Å². The maximum absolute atomic E-state index is 13.1. The van der Waals surface area contributed by atoms with Crippen LogP contribution in [0, 0.1) is 5.92 Å². The van der Waals surface area contributed by atoms with E-state index in [9.17, 15) is 9.59 Å². The summed E-state index contributed by atoms with van der Waals surface area (Å²) in [5.41, 5.74) is 3.33. The van der Waals surface area contributed by atoms with Crippen molar-refractivity contribution in [3.05, 3.63) is 29.8 Å². The van der Waals surface area contributed by atoms with E-state index in [1.807, 2.05) is 18.2 Å². The van der Waals surface area contributed by atoms with Crippen molar-refractivity contribution in [3.63, 3.8) is 0 Å². The number of nitrogens with zero attached hydrogens (tertiary/aromatic N) is 1. The highest BCUT2D eigenvalue weighted by Gasteiger charge is 2.44. The van der Waals surface area contributed by atoms with Crippen molar-refractivity contribution in [1.29, 1.82) is 0 Å². The quantitative estimate of drug-likeness (QED) is 0.721. The van der Waals surface area contributed by atoms with E-state index in [0.717, 1.165) is 18.4 Å². The zero-order chi connectivity index (χ0) is 22.0. The van der Waals surface area contributed by atoms with Gasteiger partial charge in [0, 0.05) is 25.7 Å². The van der Waals surface area contributed by atoms with Gasteiger partial charge in [-0.05, 0) is 63.3 Å². The molecule has 1 aromatic rings. The van der Waals surface area contributed by atoms with E-state index in [4.69, 9.17) is 14.3 Å². The van der Waals surface area contributed by atoms with Gasteiger partial charge in [0.1, 0.15) is 0 Å². The molecule has 1 aromatic carbocycles. The first-order valence-corrected chi connectivity index (χ1v) is 11.0. The number of carbonyl (C=O) groups is 2. The van der Waals surface area contributed by atoms with Gasteiger partial charge in [0.2, 0.25) is 5.91 Å². The molecule has 8 nitrogen and oxygen atoms in total. The fraction of sp³-hybridized carbons (Fsp3) is 0.565. The number of methoxy groups -OCH3 is 1. The van der Waals surface area contributed by atoms with Crippen LogP contribution in [0.25, 0.3) is 5.70 Å². The first-order valence-electron chi connectivity index (χ1n) is 11.0. The second kappa shape index (κ2) is 8.78. The lowest BCUT2D eigenvalue weighted by Gasteiger charge is -2.26.